The van der Waals surface area contributed by atoms with Gasteiger partial charge in [0.1, 0.15) is 0 Å². The summed E-state index contributed by atoms with van der Waals surface area (Å²) >= 11 is 1.88. The lowest BCUT2D eigenvalue weighted by atomic mass is 10.2. The van der Waals surface area contributed by atoms with Gasteiger partial charge in [0.2, 0.25) is 0 Å². The Hall–Kier alpha value is -0.650. The molecule has 5 heteroatoms. The molecule has 112 valence electrons. The monoisotopic (exact) mass is 294 g/mol. The summed E-state index contributed by atoms with van der Waals surface area (Å²) in [6.07, 6.45) is 5.41. The Kier molecular flexibility index (Phi) is 4.58. The number of likely N-dealkylation sites (N-methyl/N-ethyl adjacent to an activating group) is 1. The molecule has 2 heterocycles. The van der Waals surface area contributed by atoms with Gasteiger partial charge in [-0.3, -0.25) is 0 Å². The fraction of sp³-hybridized carbons (Fsp3) is 0.800. The molecule has 0 bridgehead atoms. The first-order valence-electron chi connectivity index (χ1n) is 7.85. The summed E-state index contributed by atoms with van der Waals surface area (Å²) < 4.78 is 0. The highest BCUT2D eigenvalue weighted by molar-refractivity contribution is 7.15. The van der Waals surface area contributed by atoms with Crippen LogP contribution in [0.15, 0.2) is 0 Å². The molecule has 1 N–H and O–H groups in total. The van der Waals surface area contributed by atoms with Crippen molar-refractivity contribution in [2.75, 3.05) is 45.2 Å². The molecule has 1 saturated heterocycles. The Morgan fingerprint density at radius 3 is 2.75 bits per heavy atom. The van der Waals surface area contributed by atoms with Crippen LogP contribution in [-0.2, 0) is 6.54 Å². The highest BCUT2D eigenvalue weighted by Gasteiger charge is 2.30. The zero-order chi connectivity index (χ0) is 13.9. The lowest BCUT2D eigenvalue weighted by Gasteiger charge is -2.20. The first-order chi connectivity index (χ1) is 9.78. The Morgan fingerprint density at radius 2 is 2.10 bits per heavy atom. The average Bonchev–Trinajstić information content (AvgIpc) is 3.00. The molecule has 0 radical (unpaired) electrons. The summed E-state index contributed by atoms with van der Waals surface area (Å²) in [7, 11) is 4.21. The van der Waals surface area contributed by atoms with E-state index in [1.54, 1.807) is 0 Å². The average molecular weight is 294 g/mol. The minimum atomic E-state index is 0.746. The van der Waals surface area contributed by atoms with Crippen LogP contribution in [0.3, 0.4) is 0 Å². The van der Waals surface area contributed by atoms with E-state index in [-0.39, 0.29) is 0 Å². The molecular formula is C15H26N4S. The molecule has 0 unspecified atom stereocenters. The van der Waals surface area contributed by atoms with E-state index in [0.29, 0.717) is 0 Å². The Morgan fingerprint density at radius 1 is 1.35 bits per heavy atom. The second-order valence-electron chi connectivity index (χ2n) is 6.08. The SMILES string of the molecule is CNCc1sc(N(C)CCN2CCCC2)nc1C1CC1. The maximum Gasteiger partial charge on any atom is 0.185 e. The molecule has 4 nitrogen and oxygen atoms in total. The van der Waals surface area contributed by atoms with Crippen LogP contribution in [0.25, 0.3) is 0 Å². The van der Waals surface area contributed by atoms with E-state index in [1.807, 2.05) is 18.4 Å². The molecule has 1 saturated carbocycles. The van der Waals surface area contributed by atoms with Crippen LogP contribution in [0.4, 0.5) is 5.13 Å². The summed E-state index contributed by atoms with van der Waals surface area (Å²) in [5.41, 5.74) is 1.37. The first-order valence-corrected chi connectivity index (χ1v) is 8.67. The van der Waals surface area contributed by atoms with Crippen molar-refractivity contribution in [3.63, 3.8) is 0 Å². The zero-order valence-corrected chi connectivity index (χ0v) is 13.5. The summed E-state index contributed by atoms with van der Waals surface area (Å²) in [5.74, 6) is 0.746. The normalized spacial score (nSPS) is 19.7. The quantitative estimate of drug-likeness (QED) is 0.836. The van der Waals surface area contributed by atoms with Gasteiger partial charge in [-0.05, 0) is 45.8 Å². The third-order valence-electron chi connectivity index (χ3n) is 4.29. The molecular weight excluding hydrogens is 268 g/mol. The fourth-order valence-electron chi connectivity index (χ4n) is 2.87. The summed E-state index contributed by atoms with van der Waals surface area (Å²) in [6, 6.07) is 0. The van der Waals surface area contributed by atoms with Crippen molar-refractivity contribution >= 4 is 16.5 Å². The Labute approximate surface area is 126 Å². The standard InChI is InChI=1S/C15H26N4S/c1-16-11-13-14(12-5-6-12)17-15(20-13)18(2)9-10-19-7-3-4-8-19/h12,16H,3-11H2,1-2H3. The lowest BCUT2D eigenvalue weighted by Crippen LogP contribution is -2.31. The van der Waals surface area contributed by atoms with E-state index in [0.717, 1.165) is 19.0 Å². The van der Waals surface area contributed by atoms with Crippen LogP contribution in [0.5, 0.6) is 0 Å². The van der Waals surface area contributed by atoms with Crippen LogP contribution < -0.4 is 10.2 Å². The molecule has 1 aromatic rings. The topological polar surface area (TPSA) is 31.4 Å². The molecule has 0 aromatic carbocycles. The van der Waals surface area contributed by atoms with Crippen molar-refractivity contribution in [1.82, 2.24) is 15.2 Å². The van der Waals surface area contributed by atoms with Crippen molar-refractivity contribution in [1.29, 1.82) is 0 Å². The van der Waals surface area contributed by atoms with E-state index in [2.05, 4.69) is 22.2 Å². The molecule has 0 amide bonds. The van der Waals surface area contributed by atoms with E-state index in [9.17, 15) is 0 Å². The van der Waals surface area contributed by atoms with Crippen LogP contribution in [-0.4, -0.2) is 50.2 Å². The van der Waals surface area contributed by atoms with Crippen molar-refractivity contribution in [3.05, 3.63) is 10.6 Å². The highest BCUT2D eigenvalue weighted by Crippen LogP contribution is 2.44. The van der Waals surface area contributed by atoms with Gasteiger partial charge in [0.25, 0.3) is 0 Å². The van der Waals surface area contributed by atoms with Gasteiger partial charge in [0, 0.05) is 37.5 Å². The molecule has 1 aromatic heterocycles. The lowest BCUT2D eigenvalue weighted by molar-refractivity contribution is 0.346. The molecule has 20 heavy (non-hydrogen) atoms. The number of rotatable bonds is 7. The highest BCUT2D eigenvalue weighted by atomic mass is 32.1. The van der Waals surface area contributed by atoms with E-state index >= 15 is 0 Å². The number of hydrogen-bond donors (Lipinski definition) is 1. The van der Waals surface area contributed by atoms with Gasteiger partial charge in [0.05, 0.1) is 5.69 Å². The number of aromatic nitrogens is 1. The largest absolute Gasteiger partial charge is 0.350 e. The second-order valence-corrected chi connectivity index (χ2v) is 7.14. The van der Waals surface area contributed by atoms with Crippen molar-refractivity contribution in [2.45, 2.75) is 38.1 Å². The summed E-state index contributed by atoms with van der Waals surface area (Å²) in [5, 5.41) is 4.48. The summed E-state index contributed by atoms with van der Waals surface area (Å²) in [6.45, 7) is 5.80. The first kappa shape index (κ1) is 14.3. The molecule has 3 rings (SSSR count). The fourth-order valence-corrected chi connectivity index (χ4v) is 4.02. The van der Waals surface area contributed by atoms with Gasteiger partial charge in [0.15, 0.2) is 5.13 Å². The maximum atomic E-state index is 4.92. The second kappa shape index (κ2) is 6.41. The van der Waals surface area contributed by atoms with Crippen molar-refractivity contribution < 1.29 is 0 Å². The molecule has 2 fully saturated rings. The Bertz CT molecular complexity index is 435. The minimum absolute atomic E-state index is 0.746. The number of likely N-dealkylation sites (tertiary alicyclic amines) is 1. The van der Waals surface area contributed by atoms with Gasteiger partial charge < -0.3 is 15.1 Å². The minimum Gasteiger partial charge on any atom is -0.350 e. The van der Waals surface area contributed by atoms with E-state index < -0.39 is 0 Å². The van der Waals surface area contributed by atoms with E-state index in [1.165, 1.54) is 61.0 Å². The number of nitrogens with zero attached hydrogens (tertiary/aromatic N) is 3. The van der Waals surface area contributed by atoms with Gasteiger partial charge in [-0.2, -0.15) is 0 Å². The van der Waals surface area contributed by atoms with Gasteiger partial charge in [-0.25, -0.2) is 4.98 Å². The van der Waals surface area contributed by atoms with Crippen LogP contribution >= 0.6 is 11.3 Å². The van der Waals surface area contributed by atoms with Gasteiger partial charge in [-0.1, -0.05) is 0 Å². The van der Waals surface area contributed by atoms with Gasteiger partial charge >= 0.3 is 0 Å². The third-order valence-corrected chi connectivity index (χ3v) is 5.48. The van der Waals surface area contributed by atoms with Gasteiger partial charge in [-0.15, -0.1) is 11.3 Å². The zero-order valence-electron chi connectivity index (χ0n) is 12.7. The number of anilines is 1. The predicted octanol–water partition coefficient (Wildman–Crippen LogP) is 2.27. The summed E-state index contributed by atoms with van der Waals surface area (Å²) in [4.78, 5) is 11.3. The molecule has 0 spiro atoms. The van der Waals surface area contributed by atoms with Crippen LogP contribution in [0, 0.1) is 0 Å². The van der Waals surface area contributed by atoms with Crippen LogP contribution in [0.1, 0.15) is 42.2 Å². The molecule has 1 aliphatic heterocycles. The number of thiazole rings is 1. The number of hydrogen-bond acceptors (Lipinski definition) is 5. The smallest absolute Gasteiger partial charge is 0.185 e. The van der Waals surface area contributed by atoms with Crippen molar-refractivity contribution in [3.8, 4) is 0 Å². The molecule has 0 atom stereocenters. The number of nitrogens with one attached hydrogen (secondary N) is 1. The molecule has 1 aliphatic carbocycles. The molecule has 2 aliphatic rings. The third kappa shape index (κ3) is 3.32. The predicted molar refractivity (Wildman–Crippen MR) is 85.8 cm³/mol. The Balaban J connectivity index is 1.61. The van der Waals surface area contributed by atoms with Crippen LogP contribution in [0.2, 0.25) is 0 Å². The maximum absolute atomic E-state index is 4.92. The van der Waals surface area contributed by atoms with E-state index in [4.69, 9.17) is 4.98 Å². The van der Waals surface area contributed by atoms with Crippen molar-refractivity contribution in [2.24, 2.45) is 0 Å².